The fourth-order valence-corrected chi connectivity index (χ4v) is 5.45. The van der Waals surface area contributed by atoms with Crippen molar-refractivity contribution in [3.63, 3.8) is 0 Å². The summed E-state index contributed by atoms with van der Waals surface area (Å²) in [6.45, 7) is 5.74. The Morgan fingerprint density at radius 3 is 2.23 bits per heavy atom. The van der Waals surface area contributed by atoms with Crippen LogP contribution in [0.4, 0.5) is 10.1 Å². The summed E-state index contributed by atoms with van der Waals surface area (Å²) in [5.74, 6) is -0.471. The molecule has 0 spiro atoms. The van der Waals surface area contributed by atoms with Crippen molar-refractivity contribution in [3.05, 3.63) is 59.9 Å². The highest BCUT2D eigenvalue weighted by Crippen LogP contribution is 2.23. The van der Waals surface area contributed by atoms with Crippen LogP contribution in [-0.4, -0.2) is 62.8 Å². The fraction of sp³-hybridized carbons (Fsp3) is 0.435. The van der Waals surface area contributed by atoms with Crippen LogP contribution in [0.5, 0.6) is 0 Å². The summed E-state index contributed by atoms with van der Waals surface area (Å²) in [5.41, 5.74) is 1.25. The third kappa shape index (κ3) is 5.07. The van der Waals surface area contributed by atoms with Crippen LogP contribution in [-0.2, 0) is 10.0 Å². The van der Waals surface area contributed by atoms with Crippen LogP contribution in [0.15, 0.2) is 53.4 Å². The molecule has 0 atom stereocenters. The molecule has 1 heterocycles. The van der Waals surface area contributed by atoms with Gasteiger partial charge >= 0.3 is 0 Å². The van der Waals surface area contributed by atoms with Gasteiger partial charge in [0.05, 0.1) is 4.90 Å². The summed E-state index contributed by atoms with van der Waals surface area (Å²) in [6.07, 6.45) is 1.68. The van der Waals surface area contributed by atoms with E-state index in [4.69, 9.17) is 0 Å². The lowest BCUT2D eigenvalue weighted by atomic mass is 10.1. The first-order valence-corrected chi connectivity index (χ1v) is 12.1. The predicted molar refractivity (Wildman–Crippen MR) is 120 cm³/mol. The summed E-state index contributed by atoms with van der Waals surface area (Å²) < 4.78 is 41.0. The van der Waals surface area contributed by atoms with Crippen LogP contribution >= 0.6 is 0 Å². The Labute approximate surface area is 184 Å². The molecule has 0 aromatic heterocycles. The number of amides is 1. The first kappa shape index (κ1) is 23.2. The van der Waals surface area contributed by atoms with Crippen molar-refractivity contribution in [3.8, 4) is 0 Å². The van der Waals surface area contributed by atoms with Crippen molar-refractivity contribution in [1.29, 1.82) is 0 Å². The summed E-state index contributed by atoms with van der Waals surface area (Å²) in [6, 6.07) is 12.6. The summed E-state index contributed by atoms with van der Waals surface area (Å²) in [5, 5.41) is 0. The second-order valence-corrected chi connectivity index (χ2v) is 9.72. The summed E-state index contributed by atoms with van der Waals surface area (Å²) in [7, 11) is -1.95. The number of anilines is 1. The van der Waals surface area contributed by atoms with Gasteiger partial charge in [-0.2, -0.15) is 4.31 Å². The largest absolute Gasteiger partial charge is 0.369 e. The highest BCUT2D eigenvalue weighted by atomic mass is 32.2. The van der Waals surface area contributed by atoms with Gasteiger partial charge in [-0.05, 0) is 55.3 Å². The van der Waals surface area contributed by atoms with E-state index < -0.39 is 10.0 Å². The van der Waals surface area contributed by atoms with Crippen LogP contribution in [0.1, 0.15) is 37.0 Å². The first-order valence-electron chi connectivity index (χ1n) is 10.7. The second-order valence-electron chi connectivity index (χ2n) is 7.78. The fourth-order valence-electron chi connectivity index (χ4n) is 3.98. The molecule has 0 aliphatic carbocycles. The van der Waals surface area contributed by atoms with E-state index in [2.05, 4.69) is 0 Å². The number of carbonyl (C=O) groups is 1. The standard InChI is InChI=1S/C23H30FN3O3S/c1-4-20(5-2)25(3)23(28)18-7-6-8-22(17-18)31(29,30)27-15-13-26(14-16-27)21-11-9-19(24)10-12-21/h6-12,17,20H,4-5,13-16H2,1-3H3. The zero-order valence-electron chi connectivity index (χ0n) is 18.3. The molecule has 6 nitrogen and oxygen atoms in total. The monoisotopic (exact) mass is 447 g/mol. The van der Waals surface area contributed by atoms with E-state index in [9.17, 15) is 17.6 Å². The predicted octanol–water partition coefficient (Wildman–Crippen LogP) is 3.60. The van der Waals surface area contributed by atoms with Gasteiger partial charge in [-0.25, -0.2) is 12.8 Å². The highest BCUT2D eigenvalue weighted by molar-refractivity contribution is 7.89. The van der Waals surface area contributed by atoms with Crippen molar-refractivity contribution in [2.75, 3.05) is 38.1 Å². The molecule has 168 valence electrons. The molecule has 1 saturated heterocycles. The van der Waals surface area contributed by atoms with E-state index in [1.807, 2.05) is 18.7 Å². The van der Waals surface area contributed by atoms with Gasteiger partial charge in [-0.15, -0.1) is 0 Å². The molecule has 3 rings (SSSR count). The number of carbonyl (C=O) groups excluding carboxylic acids is 1. The van der Waals surface area contributed by atoms with Crippen molar-refractivity contribution in [1.82, 2.24) is 9.21 Å². The lowest BCUT2D eigenvalue weighted by Gasteiger charge is -2.35. The van der Waals surface area contributed by atoms with Gasteiger partial charge in [0.1, 0.15) is 5.82 Å². The Morgan fingerprint density at radius 2 is 1.65 bits per heavy atom. The van der Waals surface area contributed by atoms with Gasteiger partial charge in [0.25, 0.3) is 5.91 Å². The third-order valence-electron chi connectivity index (χ3n) is 5.96. The minimum atomic E-state index is -3.71. The van der Waals surface area contributed by atoms with Gasteiger partial charge in [0, 0.05) is 50.5 Å². The Morgan fingerprint density at radius 1 is 1.03 bits per heavy atom. The van der Waals surface area contributed by atoms with E-state index in [-0.39, 0.29) is 22.7 Å². The average molecular weight is 448 g/mol. The Kier molecular flexibility index (Phi) is 7.33. The summed E-state index contributed by atoms with van der Waals surface area (Å²) in [4.78, 5) is 16.7. The molecular weight excluding hydrogens is 417 g/mol. The average Bonchev–Trinajstić information content (AvgIpc) is 2.80. The van der Waals surface area contributed by atoms with E-state index >= 15 is 0 Å². The number of sulfonamides is 1. The van der Waals surface area contributed by atoms with Gasteiger partial charge in [0.2, 0.25) is 10.0 Å². The van der Waals surface area contributed by atoms with Crippen LogP contribution < -0.4 is 4.90 Å². The Bertz CT molecular complexity index is 999. The van der Waals surface area contributed by atoms with Gasteiger partial charge in [-0.1, -0.05) is 19.9 Å². The molecule has 0 radical (unpaired) electrons. The zero-order valence-corrected chi connectivity index (χ0v) is 19.1. The molecule has 1 fully saturated rings. The first-order chi connectivity index (χ1) is 14.8. The van der Waals surface area contributed by atoms with Crippen LogP contribution in [0, 0.1) is 5.82 Å². The molecule has 0 bridgehead atoms. The van der Waals surface area contributed by atoms with Crippen LogP contribution in [0.25, 0.3) is 0 Å². The van der Waals surface area contributed by atoms with Crippen molar-refractivity contribution in [2.45, 2.75) is 37.6 Å². The minimum Gasteiger partial charge on any atom is -0.369 e. The van der Waals surface area contributed by atoms with Crippen molar-refractivity contribution in [2.24, 2.45) is 0 Å². The lowest BCUT2D eigenvalue weighted by molar-refractivity contribution is 0.0723. The lowest BCUT2D eigenvalue weighted by Crippen LogP contribution is -2.48. The number of hydrogen-bond donors (Lipinski definition) is 0. The molecule has 31 heavy (non-hydrogen) atoms. The second kappa shape index (κ2) is 9.78. The Balaban J connectivity index is 1.73. The van der Waals surface area contributed by atoms with E-state index in [0.717, 1.165) is 18.5 Å². The number of rotatable bonds is 7. The van der Waals surface area contributed by atoms with Crippen molar-refractivity contribution < 1.29 is 17.6 Å². The molecule has 1 aliphatic heterocycles. The van der Waals surface area contributed by atoms with E-state index in [1.54, 1.807) is 36.2 Å². The molecule has 0 unspecified atom stereocenters. The molecule has 0 saturated carbocycles. The molecule has 1 amide bonds. The Hall–Kier alpha value is -2.45. The summed E-state index contributed by atoms with van der Waals surface area (Å²) >= 11 is 0. The molecule has 2 aromatic rings. The number of piperazine rings is 1. The molecule has 1 aliphatic rings. The normalized spacial score (nSPS) is 15.3. The maximum atomic E-state index is 13.2. The molecule has 0 N–H and O–H groups in total. The number of nitrogens with zero attached hydrogens (tertiary/aromatic N) is 3. The van der Waals surface area contributed by atoms with Crippen LogP contribution in [0.3, 0.4) is 0 Å². The molecule has 8 heteroatoms. The topological polar surface area (TPSA) is 60.9 Å². The third-order valence-corrected chi connectivity index (χ3v) is 7.85. The van der Waals surface area contributed by atoms with Crippen molar-refractivity contribution >= 4 is 21.6 Å². The smallest absolute Gasteiger partial charge is 0.253 e. The quantitative estimate of drug-likeness (QED) is 0.651. The van der Waals surface area contributed by atoms with Crippen LogP contribution in [0.2, 0.25) is 0 Å². The zero-order chi connectivity index (χ0) is 22.6. The molecular formula is C23H30FN3O3S. The van der Waals surface area contributed by atoms with Gasteiger partial charge < -0.3 is 9.80 Å². The molecule has 2 aromatic carbocycles. The highest BCUT2D eigenvalue weighted by Gasteiger charge is 2.29. The van der Waals surface area contributed by atoms with Gasteiger partial charge in [0.15, 0.2) is 0 Å². The number of benzene rings is 2. The number of hydrogen-bond acceptors (Lipinski definition) is 4. The minimum absolute atomic E-state index is 0.118. The van der Waals surface area contributed by atoms with E-state index in [1.165, 1.54) is 28.6 Å². The van der Waals surface area contributed by atoms with E-state index in [0.29, 0.717) is 31.7 Å². The SMILES string of the molecule is CCC(CC)N(C)C(=O)c1cccc(S(=O)(=O)N2CCN(c3ccc(F)cc3)CC2)c1. The number of halogens is 1. The maximum Gasteiger partial charge on any atom is 0.253 e. The maximum absolute atomic E-state index is 13.2. The van der Waals surface area contributed by atoms with Gasteiger partial charge in [-0.3, -0.25) is 4.79 Å².